The van der Waals surface area contributed by atoms with E-state index in [0.29, 0.717) is 35.4 Å². The van der Waals surface area contributed by atoms with Crippen LogP contribution in [0.4, 0.5) is 0 Å². The quantitative estimate of drug-likeness (QED) is 0.534. The van der Waals surface area contributed by atoms with Crippen molar-refractivity contribution >= 4 is 23.7 Å². The molecule has 2 aromatic rings. The van der Waals surface area contributed by atoms with E-state index in [9.17, 15) is 19.2 Å². The Labute approximate surface area is 198 Å². The third-order valence-corrected chi connectivity index (χ3v) is 7.34. The summed E-state index contributed by atoms with van der Waals surface area (Å²) < 4.78 is 13.4. The third kappa shape index (κ3) is 6.40. The van der Waals surface area contributed by atoms with Crippen molar-refractivity contribution in [3.63, 3.8) is 0 Å². The highest BCUT2D eigenvalue weighted by Crippen LogP contribution is 2.16. The molecule has 3 rings (SSSR count). The molecule has 0 saturated heterocycles. The van der Waals surface area contributed by atoms with Crippen LogP contribution >= 0.6 is 11.8 Å². The summed E-state index contributed by atoms with van der Waals surface area (Å²) in [6, 6.07) is 0. The van der Waals surface area contributed by atoms with E-state index in [1.165, 1.54) is 4.52 Å². The molecule has 0 radical (unpaired) electrons. The number of ether oxygens (including phenoxy) is 2. The fourth-order valence-electron chi connectivity index (χ4n) is 4.10. The van der Waals surface area contributed by atoms with E-state index in [4.69, 9.17) is 9.47 Å². The Balaban J connectivity index is 1.79. The SMILES string of the molecule is Cc1c2n3c(c(C)c(=O)n3c1=O)COC(=O)CCCCCCSCCCCCCC(=O)OC2. The fourth-order valence-corrected chi connectivity index (χ4v) is 5.12. The number of aromatic nitrogens is 2. The van der Waals surface area contributed by atoms with Gasteiger partial charge in [0.05, 0.1) is 11.4 Å². The molecular formula is C24H34N2O6S. The minimum atomic E-state index is -0.449. The highest BCUT2D eigenvalue weighted by molar-refractivity contribution is 7.99. The Morgan fingerprint density at radius 2 is 1.03 bits per heavy atom. The van der Waals surface area contributed by atoms with Crippen LogP contribution in [-0.2, 0) is 32.3 Å². The van der Waals surface area contributed by atoms with Crippen LogP contribution in [0.2, 0.25) is 0 Å². The second-order valence-electron chi connectivity index (χ2n) is 8.64. The molecule has 1 aliphatic heterocycles. The monoisotopic (exact) mass is 478 g/mol. The van der Waals surface area contributed by atoms with Crippen molar-refractivity contribution in [2.45, 2.75) is 91.3 Å². The highest BCUT2D eigenvalue weighted by atomic mass is 32.2. The van der Waals surface area contributed by atoms with Crippen molar-refractivity contribution in [2.24, 2.45) is 0 Å². The van der Waals surface area contributed by atoms with Crippen LogP contribution in [0, 0.1) is 13.8 Å². The second-order valence-corrected chi connectivity index (χ2v) is 9.86. The molecule has 0 amide bonds. The van der Waals surface area contributed by atoms with E-state index in [1.807, 2.05) is 11.8 Å². The number of hydrogen-bond donors (Lipinski definition) is 0. The van der Waals surface area contributed by atoms with Gasteiger partial charge in [-0.2, -0.15) is 16.3 Å². The zero-order valence-corrected chi connectivity index (χ0v) is 20.5. The summed E-state index contributed by atoms with van der Waals surface area (Å²) in [6.07, 6.45) is 8.66. The Morgan fingerprint density at radius 3 is 1.48 bits per heavy atom. The van der Waals surface area contributed by atoms with Gasteiger partial charge < -0.3 is 9.47 Å². The van der Waals surface area contributed by atoms with Crippen molar-refractivity contribution in [1.29, 1.82) is 0 Å². The molecule has 0 fully saturated rings. The van der Waals surface area contributed by atoms with Gasteiger partial charge in [-0.25, -0.2) is 4.52 Å². The third-order valence-electron chi connectivity index (χ3n) is 6.18. The second kappa shape index (κ2) is 12.3. The number of carbonyl (C=O) groups is 2. The van der Waals surface area contributed by atoms with Crippen LogP contribution in [-0.4, -0.2) is 32.5 Å². The summed E-state index contributed by atoms with van der Waals surface area (Å²) in [4.78, 5) is 49.9. The molecule has 33 heavy (non-hydrogen) atoms. The standard InChI is InChI=1S/C24H34N2O6S/c1-17-19-15-31-21(27)11-7-3-5-9-13-33-14-10-6-4-8-12-22(28)32-16-20-18(2)24(30)26(23(17)29)25(19)20/h3-16H2,1-2H3. The lowest BCUT2D eigenvalue weighted by Crippen LogP contribution is -2.23. The number of hydrogen-bond acceptors (Lipinski definition) is 7. The molecule has 0 aliphatic carbocycles. The zero-order chi connectivity index (χ0) is 23.8. The maximum absolute atomic E-state index is 12.7. The Kier molecular flexibility index (Phi) is 9.41. The van der Waals surface area contributed by atoms with E-state index in [1.54, 1.807) is 13.8 Å². The van der Waals surface area contributed by atoms with Gasteiger partial charge in [0.15, 0.2) is 0 Å². The van der Waals surface area contributed by atoms with Gasteiger partial charge in [-0.15, -0.1) is 0 Å². The molecule has 1 aliphatic rings. The number of thioether (sulfide) groups is 1. The van der Waals surface area contributed by atoms with Crippen LogP contribution in [0.3, 0.4) is 0 Å². The maximum Gasteiger partial charge on any atom is 0.306 e. The molecule has 0 unspecified atom stereocenters. The van der Waals surface area contributed by atoms with Crippen LogP contribution in [0.15, 0.2) is 9.59 Å². The van der Waals surface area contributed by atoms with Crippen molar-refractivity contribution in [3.8, 4) is 0 Å². The molecule has 0 aromatic carbocycles. The molecule has 9 heteroatoms. The highest BCUT2D eigenvalue weighted by Gasteiger charge is 2.24. The summed E-state index contributed by atoms with van der Waals surface area (Å²) in [6.45, 7) is 3.00. The van der Waals surface area contributed by atoms with Gasteiger partial charge in [-0.3, -0.25) is 19.2 Å². The van der Waals surface area contributed by atoms with E-state index < -0.39 is 11.1 Å². The number of cyclic esters (lactones) is 2. The molecule has 182 valence electrons. The van der Waals surface area contributed by atoms with Crippen molar-refractivity contribution in [3.05, 3.63) is 43.2 Å². The Hall–Kier alpha value is -2.29. The van der Waals surface area contributed by atoms with E-state index in [-0.39, 0.29) is 25.2 Å². The summed E-state index contributed by atoms with van der Waals surface area (Å²) in [5.41, 5.74) is 0.664. The van der Waals surface area contributed by atoms with Crippen LogP contribution in [0.5, 0.6) is 0 Å². The number of esters is 2. The van der Waals surface area contributed by atoms with Crippen molar-refractivity contribution in [2.75, 3.05) is 11.5 Å². The first-order chi connectivity index (χ1) is 15.9. The lowest BCUT2D eigenvalue weighted by molar-refractivity contribution is -0.145. The van der Waals surface area contributed by atoms with Crippen LogP contribution in [0.1, 0.15) is 86.7 Å². The molecule has 2 aromatic heterocycles. The number of rotatable bonds is 0. The summed E-state index contributed by atoms with van der Waals surface area (Å²) >= 11 is 1.97. The average Bonchev–Trinajstić information content (AvgIpc) is 3.18. The summed E-state index contributed by atoms with van der Waals surface area (Å²) in [5.74, 6) is 1.63. The first kappa shape index (κ1) is 25.3. The fraction of sp³-hybridized carbons (Fsp3) is 0.667. The Bertz CT molecular complexity index is 994. The molecule has 0 bridgehead atoms. The Morgan fingerprint density at radius 1 is 0.606 bits per heavy atom. The average molecular weight is 479 g/mol. The number of nitrogens with zero attached hydrogens (tertiary/aromatic N) is 2. The smallest absolute Gasteiger partial charge is 0.306 e. The van der Waals surface area contributed by atoms with Gasteiger partial charge in [0, 0.05) is 24.0 Å². The maximum atomic E-state index is 12.7. The normalized spacial score (nSPS) is 18.8. The largest absolute Gasteiger partial charge is 0.459 e. The molecule has 8 nitrogen and oxygen atoms in total. The van der Waals surface area contributed by atoms with Crippen LogP contribution < -0.4 is 11.1 Å². The minimum Gasteiger partial charge on any atom is -0.459 e. The van der Waals surface area contributed by atoms with E-state index in [2.05, 4.69) is 0 Å². The van der Waals surface area contributed by atoms with Crippen molar-refractivity contribution < 1.29 is 19.1 Å². The first-order valence-electron chi connectivity index (χ1n) is 11.9. The molecule has 0 spiro atoms. The predicted octanol–water partition coefficient (Wildman–Crippen LogP) is 3.55. The molecule has 0 N–H and O–H groups in total. The van der Waals surface area contributed by atoms with Gasteiger partial charge in [-0.05, 0) is 51.0 Å². The van der Waals surface area contributed by atoms with Gasteiger partial charge in [-0.1, -0.05) is 25.7 Å². The zero-order valence-electron chi connectivity index (χ0n) is 19.7. The van der Waals surface area contributed by atoms with Gasteiger partial charge in [0.1, 0.15) is 13.2 Å². The van der Waals surface area contributed by atoms with Crippen LogP contribution in [0.25, 0.3) is 0 Å². The van der Waals surface area contributed by atoms with E-state index >= 15 is 0 Å². The van der Waals surface area contributed by atoms with E-state index in [0.717, 1.165) is 67.4 Å². The van der Waals surface area contributed by atoms with Gasteiger partial charge in [0.25, 0.3) is 11.1 Å². The molecule has 0 atom stereocenters. The minimum absolute atomic E-state index is 0.110. The predicted molar refractivity (Wildman–Crippen MR) is 127 cm³/mol. The molecular weight excluding hydrogens is 444 g/mol. The van der Waals surface area contributed by atoms with Gasteiger partial charge in [0.2, 0.25) is 0 Å². The summed E-state index contributed by atoms with van der Waals surface area (Å²) in [5, 5.41) is 0. The first-order valence-corrected chi connectivity index (χ1v) is 13.0. The van der Waals surface area contributed by atoms with Crippen molar-refractivity contribution in [1.82, 2.24) is 9.03 Å². The summed E-state index contributed by atoms with van der Waals surface area (Å²) in [7, 11) is 0. The molecule has 0 saturated carbocycles. The number of carbonyl (C=O) groups excluding carboxylic acids is 2. The lowest BCUT2D eigenvalue weighted by atomic mass is 10.1. The lowest BCUT2D eigenvalue weighted by Gasteiger charge is -2.09. The topological polar surface area (TPSA) is 95.6 Å². The molecule has 3 heterocycles. The van der Waals surface area contributed by atoms with Gasteiger partial charge >= 0.3 is 11.9 Å².